The van der Waals surface area contributed by atoms with Gasteiger partial charge in [0.05, 0.1) is 13.4 Å². The lowest BCUT2D eigenvalue weighted by molar-refractivity contribution is -0.149. The number of rotatable bonds is 9. The van der Waals surface area contributed by atoms with E-state index in [1.807, 2.05) is 30.3 Å². The van der Waals surface area contributed by atoms with E-state index in [0.717, 1.165) is 5.56 Å². The Hall–Kier alpha value is -1.89. The molecule has 0 aliphatic heterocycles. The number of carbonyl (C=O) groups is 1. The quantitative estimate of drug-likeness (QED) is 0.475. The maximum Gasteiger partial charge on any atom is 0.313 e. The van der Waals surface area contributed by atoms with E-state index in [9.17, 15) is 4.79 Å². The molecule has 5 nitrogen and oxygen atoms in total. The van der Waals surface area contributed by atoms with Crippen LogP contribution in [-0.4, -0.2) is 27.9 Å². The van der Waals surface area contributed by atoms with E-state index >= 15 is 0 Å². The molecule has 0 amide bonds. The van der Waals surface area contributed by atoms with Crippen molar-refractivity contribution in [2.24, 2.45) is 5.92 Å². The first-order valence-corrected chi connectivity index (χ1v) is 12.6. The van der Waals surface area contributed by atoms with Crippen LogP contribution in [0.1, 0.15) is 38.2 Å². The standard InChI is InChI=1S/C22H33NO4Si/c1-22(2,3)28(5,6)27-20(19-13-10-14-26-19)18(21(24)25-4)16-23-15-17-11-8-7-9-12-17/h7-14,18,20,23H,15-16H2,1-6H3/t18-,20+/m1/s1. The van der Waals surface area contributed by atoms with Crippen LogP contribution in [0.3, 0.4) is 0 Å². The summed E-state index contributed by atoms with van der Waals surface area (Å²) < 4.78 is 17.4. The lowest BCUT2D eigenvalue weighted by Crippen LogP contribution is -2.45. The maximum absolute atomic E-state index is 12.7. The number of methoxy groups -OCH3 is 1. The third-order valence-corrected chi connectivity index (χ3v) is 9.91. The smallest absolute Gasteiger partial charge is 0.313 e. The molecule has 1 aromatic heterocycles. The molecule has 2 aromatic rings. The second-order valence-electron chi connectivity index (χ2n) is 8.56. The molecule has 154 valence electrons. The predicted octanol–water partition coefficient (Wildman–Crippen LogP) is 4.92. The molecule has 1 N–H and O–H groups in total. The van der Waals surface area contributed by atoms with E-state index in [1.54, 1.807) is 6.26 Å². The average molecular weight is 404 g/mol. The van der Waals surface area contributed by atoms with Gasteiger partial charge in [0.25, 0.3) is 0 Å². The zero-order chi connectivity index (χ0) is 20.8. The number of hydrogen-bond acceptors (Lipinski definition) is 5. The van der Waals surface area contributed by atoms with Gasteiger partial charge in [-0.15, -0.1) is 0 Å². The summed E-state index contributed by atoms with van der Waals surface area (Å²) in [5.41, 5.74) is 1.16. The zero-order valence-electron chi connectivity index (χ0n) is 17.8. The highest BCUT2D eigenvalue weighted by Crippen LogP contribution is 2.42. The monoisotopic (exact) mass is 403 g/mol. The second-order valence-corrected chi connectivity index (χ2v) is 13.3. The number of nitrogens with one attached hydrogen (secondary N) is 1. The Morgan fingerprint density at radius 3 is 2.36 bits per heavy atom. The first-order chi connectivity index (χ1) is 13.2. The number of esters is 1. The molecule has 1 heterocycles. The Kier molecular flexibility index (Phi) is 7.63. The molecule has 0 unspecified atom stereocenters. The molecule has 2 rings (SSSR count). The largest absolute Gasteiger partial charge is 0.469 e. The van der Waals surface area contributed by atoms with Crippen LogP contribution in [0, 0.1) is 5.92 Å². The summed E-state index contributed by atoms with van der Waals surface area (Å²) in [6, 6.07) is 13.8. The number of hydrogen-bond donors (Lipinski definition) is 1. The van der Waals surface area contributed by atoms with Crippen LogP contribution in [0.2, 0.25) is 18.1 Å². The minimum Gasteiger partial charge on any atom is -0.469 e. The van der Waals surface area contributed by atoms with Crippen molar-refractivity contribution in [3.05, 3.63) is 60.1 Å². The summed E-state index contributed by atoms with van der Waals surface area (Å²) in [5, 5.41) is 3.39. The zero-order valence-corrected chi connectivity index (χ0v) is 18.8. The van der Waals surface area contributed by atoms with Gasteiger partial charge >= 0.3 is 5.97 Å². The van der Waals surface area contributed by atoms with Crippen LogP contribution < -0.4 is 5.32 Å². The molecule has 0 aliphatic carbocycles. The Labute approximate surface area is 169 Å². The van der Waals surface area contributed by atoms with Gasteiger partial charge in [0.2, 0.25) is 0 Å². The Morgan fingerprint density at radius 2 is 1.82 bits per heavy atom. The van der Waals surface area contributed by atoms with Crippen molar-refractivity contribution in [3.8, 4) is 0 Å². The van der Waals surface area contributed by atoms with E-state index in [2.05, 4.69) is 51.3 Å². The van der Waals surface area contributed by atoms with Crippen molar-refractivity contribution >= 4 is 14.3 Å². The van der Waals surface area contributed by atoms with Crippen molar-refractivity contribution in [1.29, 1.82) is 0 Å². The molecule has 0 saturated heterocycles. The second kappa shape index (κ2) is 9.54. The van der Waals surface area contributed by atoms with Crippen molar-refractivity contribution in [2.45, 2.75) is 51.6 Å². The maximum atomic E-state index is 12.7. The Bertz CT molecular complexity index is 723. The number of furan rings is 1. The van der Waals surface area contributed by atoms with Crippen molar-refractivity contribution < 1.29 is 18.4 Å². The summed E-state index contributed by atoms with van der Waals surface area (Å²) in [6.07, 6.45) is 1.12. The molecule has 2 atom stereocenters. The molecule has 28 heavy (non-hydrogen) atoms. The number of benzene rings is 1. The van der Waals surface area contributed by atoms with Crippen LogP contribution in [0.15, 0.2) is 53.1 Å². The van der Waals surface area contributed by atoms with Gasteiger partial charge in [-0.1, -0.05) is 51.1 Å². The fraction of sp³-hybridized carbons (Fsp3) is 0.500. The van der Waals surface area contributed by atoms with Crippen molar-refractivity contribution in [3.63, 3.8) is 0 Å². The molecule has 0 aliphatic rings. The molecule has 0 bridgehead atoms. The minimum atomic E-state index is -2.14. The third-order valence-electron chi connectivity index (χ3n) is 5.46. The first-order valence-electron chi connectivity index (χ1n) is 9.69. The number of ether oxygens (including phenoxy) is 1. The van der Waals surface area contributed by atoms with Crippen molar-refractivity contribution in [2.75, 3.05) is 13.7 Å². The molecule has 1 aromatic carbocycles. The molecule has 0 radical (unpaired) electrons. The van der Waals surface area contributed by atoms with E-state index in [1.165, 1.54) is 7.11 Å². The van der Waals surface area contributed by atoms with Crippen molar-refractivity contribution in [1.82, 2.24) is 5.32 Å². The van der Waals surface area contributed by atoms with E-state index in [0.29, 0.717) is 18.8 Å². The van der Waals surface area contributed by atoms with Gasteiger partial charge in [-0.2, -0.15) is 0 Å². The molecular formula is C22H33NO4Si. The fourth-order valence-corrected chi connectivity index (χ4v) is 3.99. The molecule has 0 fully saturated rings. The molecule has 0 spiro atoms. The third kappa shape index (κ3) is 5.80. The predicted molar refractivity (Wildman–Crippen MR) is 113 cm³/mol. The van der Waals surface area contributed by atoms with Gasteiger partial charge in [0.15, 0.2) is 8.32 Å². The highest BCUT2D eigenvalue weighted by Gasteiger charge is 2.43. The highest BCUT2D eigenvalue weighted by atomic mass is 28.4. The van der Waals surface area contributed by atoms with Gasteiger partial charge < -0.3 is 18.9 Å². The van der Waals surface area contributed by atoms with E-state index in [-0.39, 0.29) is 11.0 Å². The summed E-state index contributed by atoms with van der Waals surface area (Å²) in [4.78, 5) is 12.7. The SMILES string of the molecule is COC(=O)[C@H](CNCc1ccccc1)[C@H](O[Si](C)(C)C(C)(C)C)c1ccco1. The Balaban J connectivity index is 2.22. The van der Waals surface area contributed by atoms with Crippen LogP contribution in [0.4, 0.5) is 0 Å². The van der Waals surface area contributed by atoms with Crippen LogP contribution in [-0.2, 0) is 20.5 Å². The highest BCUT2D eigenvalue weighted by molar-refractivity contribution is 6.74. The van der Waals surface area contributed by atoms with Crippen LogP contribution in [0.5, 0.6) is 0 Å². The van der Waals surface area contributed by atoms with Crippen LogP contribution >= 0.6 is 0 Å². The lowest BCUT2D eigenvalue weighted by Gasteiger charge is -2.40. The molecule has 6 heteroatoms. The summed E-state index contributed by atoms with van der Waals surface area (Å²) in [5.74, 6) is -0.156. The summed E-state index contributed by atoms with van der Waals surface area (Å²) in [6.45, 7) is 12.0. The van der Waals surface area contributed by atoms with Gasteiger partial charge in [-0.3, -0.25) is 4.79 Å². The summed E-state index contributed by atoms with van der Waals surface area (Å²) in [7, 11) is -0.729. The minimum absolute atomic E-state index is 0.00990. The first kappa shape index (κ1) is 22.4. The van der Waals surface area contributed by atoms with Crippen LogP contribution in [0.25, 0.3) is 0 Å². The topological polar surface area (TPSA) is 60.7 Å². The average Bonchev–Trinajstić information content (AvgIpc) is 3.17. The van der Waals surface area contributed by atoms with Gasteiger partial charge in [-0.25, -0.2) is 0 Å². The normalized spacial score (nSPS) is 14.5. The fourth-order valence-electron chi connectivity index (χ4n) is 2.72. The molecular weight excluding hydrogens is 370 g/mol. The van der Waals surface area contributed by atoms with Gasteiger partial charge in [0, 0.05) is 13.1 Å². The van der Waals surface area contributed by atoms with E-state index in [4.69, 9.17) is 13.6 Å². The lowest BCUT2D eigenvalue weighted by atomic mass is 10.0. The van der Waals surface area contributed by atoms with Gasteiger partial charge in [0.1, 0.15) is 17.8 Å². The van der Waals surface area contributed by atoms with E-state index < -0.39 is 20.3 Å². The Morgan fingerprint density at radius 1 is 1.14 bits per heavy atom. The summed E-state index contributed by atoms with van der Waals surface area (Å²) >= 11 is 0. The van der Waals surface area contributed by atoms with Gasteiger partial charge in [-0.05, 0) is 35.8 Å². The molecule has 0 saturated carbocycles. The number of carbonyl (C=O) groups excluding carboxylic acids is 1.